The third-order valence-corrected chi connectivity index (χ3v) is 3.23. The maximum Gasteiger partial charge on any atom is 0.375 e. The first-order chi connectivity index (χ1) is 11.4. The number of hydrogen-bond donors (Lipinski definition) is 2. The molecule has 1 aromatic carbocycles. The molecule has 1 aliphatic rings. The van der Waals surface area contributed by atoms with Gasteiger partial charge in [0.15, 0.2) is 0 Å². The summed E-state index contributed by atoms with van der Waals surface area (Å²) >= 11 is 0. The van der Waals surface area contributed by atoms with E-state index in [1.165, 1.54) is 13.8 Å². The highest BCUT2D eigenvalue weighted by Crippen LogP contribution is 2.31. The van der Waals surface area contributed by atoms with Gasteiger partial charge in [-0.1, -0.05) is 0 Å². The standard InChI is InChI=1S/C16H15N3O5/c1-16(2)23-12(13(24-16)15(21)22)14(20)18-10-3-5-11(6-4-10)19-8-7-17-9-19/h3-9H,1-2H3,(H,18,20)(H,21,22). The molecule has 0 radical (unpaired) electrons. The largest absolute Gasteiger partial charge is 0.475 e. The Morgan fingerprint density at radius 1 is 1.17 bits per heavy atom. The predicted molar refractivity (Wildman–Crippen MR) is 83.1 cm³/mol. The highest BCUT2D eigenvalue weighted by atomic mass is 16.7. The molecule has 1 amide bonds. The summed E-state index contributed by atoms with van der Waals surface area (Å²) in [6.45, 7) is 3.05. The number of benzene rings is 1. The number of nitrogens with one attached hydrogen (secondary N) is 1. The van der Waals surface area contributed by atoms with E-state index in [1.54, 1.807) is 43.0 Å². The molecular formula is C16H15N3O5. The number of hydrogen-bond acceptors (Lipinski definition) is 5. The van der Waals surface area contributed by atoms with E-state index in [0.29, 0.717) is 5.69 Å². The van der Waals surface area contributed by atoms with E-state index in [1.807, 2.05) is 4.57 Å². The Bertz CT molecular complexity index is 807. The number of carbonyl (C=O) groups is 2. The number of rotatable bonds is 4. The third kappa shape index (κ3) is 3.07. The van der Waals surface area contributed by atoms with Gasteiger partial charge in [0.2, 0.25) is 11.5 Å². The minimum atomic E-state index is -1.36. The van der Waals surface area contributed by atoms with E-state index in [-0.39, 0.29) is 5.76 Å². The zero-order valence-corrected chi connectivity index (χ0v) is 13.0. The summed E-state index contributed by atoms with van der Waals surface area (Å²) in [5.74, 6) is -4.11. The van der Waals surface area contributed by atoms with Crippen molar-refractivity contribution >= 4 is 17.6 Å². The van der Waals surface area contributed by atoms with Crippen LogP contribution < -0.4 is 5.32 Å². The SMILES string of the molecule is CC1(C)OC(C(=O)O)=C(C(=O)Nc2ccc(-n3ccnc3)cc2)O1. The fourth-order valence-electron chi connectivity index (χ4n) is 2.21. The van der Waals surface area contributed by atoms with Gasteiger partial charge in [-0.3, -0.25) is 4.79 Å². The second-order valence-corrected chi connectivity index (χ2v) is 5.54. The second-order valence-electron chi connectivity index (χ2n) is 5.54. The normalized spacial score (nSPS) is 15.6. The number of imidazole rings is 1. The van der Waals surface area contributed by atoms with Crippen molar-refractivity contribution in [1.29, 1.82) is 0 Å². The predicted octanol–water partition coefficient (Wildman–Crippen LogP) is 1.89. The molecule has 0 saturated carbocycles. The number of carbonyl (C=O) groups excluding carboxylic acids is 1. The van der Waals surface area contributed by atoms with Crippen LogP contribution in [0, 0.1) is 0 Å². The van der Waals surface area contributed by atoms with Gasteiger partial charge in [0.25, 0.3) is 11.7 Å². The van der Waals surface area contributed by atoms with Crippen LogP contribution in [0.5, 0.6) is 0 Å². The maximum absolute atomic E-state index is 12.3. The lowest BCUT2D eigenvalue weighted by atomic mass is 10.2. The number of aromatic nitrogens is 2. The molecule has 24 heavy (non-hydrogen) atoms. The fourth-order valence-corrected chi connectivity index (χ4v) is 2.21. The molecule has 8 nitrogen and oxygen atoms in total. The molecule has 1 aliphatic heterocycles. The smallest absolute Gasteiger partial charge is 0.375 e. The number of anilines is 1. The zero-order chi connectivity index (χ0) is 17.3. The molecule has 0 spiro atoms. The molecule has 0 aliphatic carbocycles. The monoisotopic (exact) mass is 329 g/mol. The van der Waals surface area contributed by atoms with E-state index in [4.69, 9.17) is 14.6 Å². The molecule has 0 bridgehead atoms. The van der Waals surface area contributed by atoms with Crippen molar-refractivity contribution in [1.82, 2.24) is 9.55 Å². The van der Waals surface area contributed by atoms with Gasteiger partial charge in [-0.25, -0.2) is 9.78 Å². The molecule has 0 fully saturated rings. The maximum atomic E-state index is 12.3. The molecule has 3 rings (SSSR count). The molecule has 0 unspecified atom stereocenters. The third-order valence-electron chi connectivity index (χ3n) is 3.23. The van der Waals surface area contributed by atoms with E-state index >= 15 is 0 Å². The molecular weight excluding hydrogens is 314 g/mol. The average molecular weight is 329 g/mol. The van der Waals surface area contributed by atoms with Crippen molar-refractivity contribution in [2.75, 3.05) is 5.32 Å². The number of nitrogens with zero attached hydrogens (tertiary/aromatic N) is 2. The summed E-state index contributed by atoms with van der Waals surface area (Å²) in [5, 5.41) is 11.7. The summed E-state index contributed by atoms with van der Waals surface area (Å²) in [6, 6.07) is 6.96. The first kappa shape index (κ1) is 15.6. The van der Waals surface area contributed by atoms with Crippen molar-refractivity contribution in [3.05, 3.63) is 54.5 Å². The van der Waals surface area contributed by atoms with Crippen molar-refractivity contribution in [3.8, 4) is 5.69 Å². The minimum Gasteiger partial charge on any atom is -0.475 e. The van der Waals surface area contributed by atoms with Gasteiger partial charge in [-0.05, 0) is 24.3 Å². The Hall–Kier alpha value is -3.29. The van der Waals surface area contributed by atoms with Gasteiger partial charge in [0.05, 0.1) is 6.33 Å². The lowest BCUT2D eigenvalue weighted by Gasteiger charge is -2.18. The number of carboxylic acid groups (broad SMARTS) is 1. The van der Waals surface area contributed by atoms with Gasteiger partial charge in [-0.2, -0.15) is 0 Å². The first-order valence-electron chi connectivity index (χ1n) is 7.11. The van der Waals surface area contributed by atoms with Crippen molar-refractivity contribution < 1.29 is 24.2 Å². The van der Waals surface area contributed by atoms with Crippen molar-refractivity contribution in [2.45, 2.75) is 19.6 Å². The highest BCUT2D eigenvalue weighted by molar-refractivity contribution is 6.07. The van der Waals surface area contributed by atoms with Crippen LogP contribution in [0.15, 0.2) is 54.5 Å². The van der Waals surface area contributed by atoms with Crippen molar-refractivity contribution in [2.24, 2.45) is 0 Å². The van der Waals surface area contributed by atoms with Crippen LogP contribution in [-0.2, 0) is 19.1 Å². The van der Waals surface area contributed by atoms with Crippen LogP contribution in [0.3, 0.4) is 0 Å². The minimum absolute atomic E-state index is 0.355. The van der Waals surface area contributed by atoms with E-state index in [9.17, 15) is 9.59 Å². The van der Waals surface area contributed by atoms with Gasteiger partial charge < -0.3 is 24.5 Å². The van der Waals surface area contributed by atoms with Crippen LogP contribution in [0.1, 0.15) is 13.8 Å². The molecule has 0 saturated heterocycles. The van der Waals surface area contributed by atoms with Gasteiger partial charge in [0.1, 0.15) is 0 Å². The summed E-state index contributed by atoms with van der Waals surface area (Å²) < 4.78 is 12.2. The topological polar surface area (TPSA) is 103 Å². The Morgan fingerprint density at radius 3 is 2.42 bits per heavy atom. The summed E-state index contributed by atoms with van der Waals surface area (Å²) in [7, 11) is 0. The van der Waals surface area contributed by atoms with E-state index < -0.39 is 23.4 Å². The summed E-state index contributed by atoms with van der Waals surface area (Å²) in [6.07, 6.45) is 5.11. The number of ether oxygens (including phenoxy) is 2. The second kappa shape index (κ2) is 5.73. The Morgan fingerprint density at radius 2 is 1.83 bits per heavy atom. The molecule has 2 heterocycles. The van der Waals surface area contributed by atoms with Crippen LogP contribution in [-0.4, -0.2) is 32.3 Å². The molecule has 2 aromatic rings. The zero-order valence-electron chi connectivity index (χ0n) is 13.0. The van der Waals surface area contributed by atoms with Crippen LogP contribution in [0.2, 0.25) is 0 Å². The Kier molecular flexibility index (Phi) is 3.72. The van der Waals surface area contributed by atoms with E-state index in [2.05, 4.69) is 10.3 Å². The van der Waals surface area contributed by atoms with Gasteiger partial charge in [-0.15, -0.1) is 0 Å². The lowest BCUT2D eigenvalue weighted by Crippen LogP contribution is -2.23. The number of aliphatic carboxylic acids is 1. The Balaban J connectivity index is 1.77. The lowest BCUT2D eigenvalue weighted by molar-refractivity contribution is -0.151. The quantitative estimate of drug-likeness (QED) is 0.888. The van der Waals surface area contributed by atoms with Crippen LogP contribution >= 0.6 is 0 Å². The average Bonchev–Trinajstić information content (AvgIpc) is 3.15. The summed E-state index contributed by atoms with van der Waals surface area (Å²) in [5.41, 5.74) is 1.37. The molecule has 2 N–H and O–H groups in total. The van der Waals surface area contributed by atoms with E-state index in [0.717, 1.165) is 5.69 Å². The highest BCUT2D eigenvalue weighted by Gasteiger charge is 2.41. The van der Waals surface area contributed by atoms with Crippen molar-refractivity contribution in [3.63, 3.8) is 0 Å². The summed E-state index contributed by atoms with van der Waals surface area (Å²) in [4.78, 5) is 27.4. The Labute approximate surface area is 137 Å². The van der Waals surface area contributed by atoms with Crippen LogP contribution in [0.4, 0.5) is 5.69 Å². The number of amides is 1. The molecule has 8 heteroatoms. The molecule has 124 valence electrons. The van der Waals surface area contributed by atoms with Gasteiger partial charge >= 0.3 is 5.97 Å². The fraction of sp³-hybridized carbons (Fsp3) is 0.188. The van der Waals surface area contributed by atoms with Gasteiger partial charge in [0, 0.05) is 37.6 Å². The van der Waals surface area contributed by atoms with Crippen LogP contribution in [0.25, 0.3) is 5.69 Å². The first-order valence-corrected chi connectivity index (χ1v) is 7.11. The molecule has 0 atom stereocenters. The molecule has 1 aromatic heterocycles. The number of carboxylic acids is 1.